The maximum atomic E-state index is 9.85. The summed E-state index contributed by atoms with van der Waals surface area (Å²) in [6, 6.07) is 17.2. The summed E-state index contributed by atoms with van der Waals surface area (Å²) < 4.78 is 2.37. The van der Waals surface area contributed by atoms with Crippen molar-refractivity contribution in [2.24, 2.45) is 0 Å². The van der Waals surface area contributed by atoms with Gasteiger partial charge in [0.1, 0.15) is 5.65 Å². The van der Waals surface area contributed by atoms with Crippen LogP contribution in [0.1, 0.15) is 24.6 Å². The Morgan fingerprint density at radius 3 is 2.74 bits per heavy atom. The lowest BCUT2D eigenvalue weighted by atomic mass is 10.1. The molecule has 0 amide bonds. The zero-order valence-corrected chi connectivity index (χ0v) is 15.3. The number of fused-ring (bicyclic) bond motifs is 2. The van der Waals surface area contributed by atoms with Gasteiger partial charge in [-0.2, -0.15) is 0 Å². The molecule has 5 rings (SSSR count). The zero-order chi connectivity index (χ0) is 18.2. The lowest BCUT2D eigenvalue weighted by Gasteiger charge is -2.33. The van der Waals surface area contributed by atoms with Crippen LogP contribution in [0, 0.1) is 0 Å². The fourth-order valence-electron chi connectivity index (χ4n) is 4.22. The average Bonchev–Trinajstić information content (AvgIpc) is 3.32. The number of nitrogens with one attached hydrogen (secondary N) is 1. The van der Waals surface area contributed by atoms with Crippen molar-refractivity contribution in [1.29, 1.82) is 0 Å². The second-order valence-electron chi connectivity index (χ2n) is 7.50. The molecule has 2 N–H and O–H groups in total. The van der Waals surface area contributed by atoms with Crippen LogP contribution in [0.4, 0.5) is 0 Å². The lowest BCUT2D eigenvalue weighted by molar-refractivity contribution is 0.0781. The van der Waals surface area contributed by atoms with E-state index in [1.807, 2.05) is 12.3 Å². The normalized spacial score (nSPS) is 17.7. The summed E-state index contributed by atoms with van der Waals surface area (Å²) in [4.78, 5) is 10.5. The largest absolute Gasteiger partial charge is 0.393 e. The maximum Gasteiger partial charge on any atom is 0.137 e. The van der Waals surface area contributed by atoms with Crippen molar-refractivity contribution in [2.75, 3.05) is 19.6 Å². The third-order valence-corrected chi connectivity index (χ3v) is 5.73. The van der Waals surface area contributed by atoms with Crippen LogP contribution in [-0.2, 0) is 0 Å². The van der Waals surface area contributed by atoms with Crippen molar-refractivity contribution in [1.82, 2.24) is 19.4 Å². The van der Waals surface area contributed by atoms with Crippen LogP contribution in [0.2, 0.25) is 0 Å². The van der Waals surface area contributed by atoms with Crippen LogP contribution in [0.25, 0.3) is 21.9 Å². The Hall–Kier alpha value is -2.63. The number of aromatic amines is 1. The molecule has 0 aliphatic carbocycles. The predicted octanol–water partition coefficient (Wildman–Crippen LogP) is 3.56. The number of hydrogen-bond acceptors (Lipinski definition) is 3. The number of aliphatic hydroxyl groups excluding tert-OH is 1. The summed E-state index contributed by atoms with van der Waals surface area (Å²) in [5.74, 6) is 0. The van der Waals surface area contributed by atoms with E-state index in [-0.39, 0.29) is 12.1 Å². The van der Waals surface area contributed by atoms with Crippen LogP contribution < -0.4 is 0 Å². The van der Waals surface area contributed by atoms with Gasteiger partial charge in [-0.1, -0.05) is 18.2 Å². The molecule has 1 aromatic carbocycles. The van der Waals surface area contributed by atoms with Crippen molar-refractivity contribution in [3.8, 4) is 0 Å². The molecule has 27 heavy (non-hydrogen) atoms. The number of rotatable bonds is 4. The fraction of sp³-hybridized carbons (Fsp3) is 0.318. The highest BCUT2D eigenvalue weighted by atomic mass is 16.3. The van der Waals surface area contributed by atoms with Gasteiger partial charge < -0.3 is 19.6 Å². The Kier molecular flexibility index (Phi) is 4.19. The van der Waals surface area contributed by atoms with Crippen LogP contribution in [-0.4, -0.2) is 50.3 Å². The van der Waals surface area contributed by atoms with E-state index in [9.17, 15) is 5.11 Å². The van der Waals surface area contributed by atoms with Crippen LogP contribution in [0.3, 0.4) is 0 Å². The standard InChI is InChI=1S/C22H24N4O/c27-18-8-11-25(12-9-18)15-21(19-14-17-5-3-10-23-22(17)24-19)26-13-7-16-4-1-2-6-20(16)26/h1-7,10,13-14,18,21,27H,8-9,11-12,15H2,(H,23,24). The van der Waals surface area contributed by atoms with E-state index in [1.54, 1.807) is 0 Å². The van der Waals surface area contributed by atoms with E-state index in [0.29, 0.717) is 0 Å². The average molecular weight is 360 g/mol. The molecule has 1 unspecified atom stereocenters. The van der Waals surface area contributed by atoms with E-state index in [2.05, 4.69) is 68.1 Å². The molecule has 1 saturated heterocycles. The Morgan fingerprint density at radius 2 is 1.89 bits per heavy atom. The SMILES string of the molecule is OC1CCN(CC(c2cc3cccnc3[nH]2)n2ccc3ccccc32)CC1. The summed E-state index contributed by atoms with van der Waals surface area (Å²) in [7, 11) is 0. The quantitative estimate of drug-likeness (QED) is 0.585. The molecule has 1 aliphatic rings. The van der Waals surface area contributed by atoms with Crippen molar-refractivity contribution in [3.63, 3.8) is 0 Å². The Balaban J connectivity index is 1.56. The topological polar surface area (TPSA) is 57.1 Å². The number of piperidine rings is 1. The second kappa shape index (κ2) is 6.83. The number of pyridine rings is 1. The zero-order valence-electron chi connectivity index (χ0n) is 15.3. The van der Waals surface area contributed by atoms with Crippen LogP contribution in [0.5, 0.6) is 0 Å². The summed E-state index contributed by atoms with van der Waals surface area (Å²) in [5.41, 5.74) is 3.35. The first-order valence-corrected chi connectivity index (χ1v) is 9.67. The molecule has 0 radical (unpaired) electrons. The summed E-state index contributed by atoms with van der Waals surface area (Å²) in [6.45, 7) is 2.79. The number of H-pyrrole nitrogens is 1. The molecule has 0 spiro atoms. The highest BCUT2D eigenvalue weighted by Gasteiger charge is 2.24. The second-order valence-corrected chi connectivity index (χ2v) is 7.50. The molecular formula is C22H24N4O. The number of hydrogen-bond donors (Lipinski definition) is 2. The monoisotopic (exact) mass is 360 g/mol. The van der Waals surface area contributed by atoms with E-state index in [1.165, 1.54) is 16.6 Å². The van der Waals surface area contributed by atoms with Gasteiger partial charge in [0.15, 0.2) is 0 Å². The summed E-state index contributed by atoms with van der Waals surface area (Å²) in [5, 5.41) is 12.2. The first kappa shape index (κ1) is 16.5. The van der Waals surface area contributed by atoms with Crippen molar-refractivity contribution in [3.05, 3.63) is 66.6 Å². The van der Waals surface area contributed by atoms with Gasteiger partial charge in [-0.3, -0.25) is 0 Å². The van der Waals surface area contributed by atoms with E-state index < -0.39 is 0 Å². The molecule has 4 aromatic rings. The van der Waals surface area contributed by atoms with Crippen molar-refractivity contribution >= 4 is 21.9 Å². The van der Waals surface area contributed by atoms with Crippen molar-refractivity contribution < 1.29 is 5.11 Å². The van der Waals surface area contributed by atoms with E-state index in [4.69, 9.17) is 0 Å². The molecule has 1 aliphatic heterocycles. The molecular weight excluding hydrogens is 336 g/mol. The number of benzene rings is 1. The molecule has 5 heteroatoms. The molecule has 3 aromatic heterocycles. The number of nitrogens with zero attached hydrogens (tertiary/aromatic N) is 3. The van der Waals surface area contributed by atoms with Gasteiger partial charge in [0.25, 0.3) is 0 Å². The smallest absolute Gasteiger partial charge is 0.137 e. The summed E-state index contributed by atoms with van der Waals surface area (Å²) in [6.07, 6.45) is 5.58. The van der Waals surface area contributed by atoms with Gasteiger partial charge in [0.2, 0.25) is 0 Å². The van der Waals surface area contributed by atoms with Crippen molar-refractivity contribution in [2.45, 2.75) is 25.0 Å². The third kappa shape index (κ3) is 3.13. The first-order valence-electron chi connectivity index (χ1n) is 9.67. The number of aromatic nitrogens is 3. The molecule has 4 heterocycles. The molecule has 0 bridgehead atoms. The fourth-order valence-corrected chi connectivity index (χ4v) is 4.22. The molecule has 1 atom stereocenters. The Labute approximate surface area is 158 Å². The lowest BCUT2D eigenvalue weighted by Crippen LogP contribution is -2.39. The van der Waals surface area contributed by atoms with Gasteiger partial charge >= 0.3 is 0 Å². The highest BCUT2D eigenvalue weighted by molar-refractivity contribution is 5.81. The van der Waals surface area contributed by atoms with Crippen LogP contribution >= 0.6 is 0 Å². The number of aliphatic hydroxyl groups is 1. The van der Waals surface area contributed by atoms with Gasteiger partial charge in [-0.25, -0.2) is 4.98 Å². The maximum absolute atomic E-state index is 9.85. The van der Waals surface area contributed by atoms with Gasteiger partial charge in [-0.15, -0.1) is 0 Å². The third-order valence-electron chi connectivity index (χ3n) is 5.73. The van der Waals surface area contributed by atoms with Gasteiger partial charge in [-0.05, 0) is 48.6 Å². The minimum absolute atomic E-state index is 0.149. The molecule has 0 saturated carbocycles. The Bertz CT molecular complexity index is 1030. The summed E-state index contributed by atoms with van der Waals surface area (Å²) >= 11 is 0. The molecule has 138 valence electrons. The predicted molar refractivity (Wildman–Crippen MR) is 108 cm³/mol. The Morgan fingerprint density at radius 1 is 1.07 bits per heavy atom. The van der Waals surface area contributed by atoms with Crippen LogP contribution in [0.15, 0.2) is 60.9 Å². The number of likely N-dealkylation sites (tertiary alicyclic amines) is 1. The number of para-hydroxylation sites is 1. The molecule has 1 fully saturated rings. The van der Waals surface area contributed by atoms with Gasteiger partial charge in [0.05, 0.1) is 12.1 Å². The first-order chi connectivity index (χ1) is 13.3. The van der Waals surface area contributed by atoms with E-state index in [0.717, 1.165) is 43.5 Å². The minimum Gasteiger partial charge on any atom is -0.393 e. The minimum atomic E-state index is -0.149. The van der Waals surface area contributed by atoms with Gasteiger partial charge in [0, 0.05) is 48.6 Å². The molecule has 5 nitrogen and oxygen atoms in total. The highest BCUT2D eigenvalue weighted by Crippen LogP contribution is 2.28. The van der Waals surface area contributed by atoms with E-state index >= 15 is 0 Å².